The number of aromatic nitrogens is 3. The fourth-order valence-corrected chi connectivity index (χ4v) is 3.59. The van der Waals surface area contributed by atoms with Gasteiger partial charge in [-0.3, -0.25) is 19.1 Å². The smallest absolute Gasteiger partial charge is 0.349 e. The van der Waals surface area contributed by atoms with Gasteiger partial charge in [0.25, 0.3) is 5.91 Å². The molecule has 0 saturated heterocycles. The van der Waals surface area contributed by atoms with Crippen molar-refractivity contribution < 1.29 is 14.1 Å². The summed E-state index contributed by atoms with van der Waals surface area (Å²) in [6, 6.07) is 11.9. The van der Waals surface area contributed by atoms with E-state index in [2.05, 4.69) is 30.3 Å². The highest BCUT2D eigenvalue weighted by molar-refractivity contribution is 6.31. The average Bonchev–Trinajstić information content (AvgIpc) is 3.35. The number of halogens is 1. The van der Waals surface area contributed by atoms with Gasteiger partial charge in [-0.2, -0.15) is 0 Å². The lowest BCUT2D eigenvalue weighted by Gasteiger charge is -2.17. The van der Waals surface area contributed by atoms with Crippen LogP contribution in [-0.4, -0.2) is 26.9 Å². The lowest BCUT2D eigenvalue weighted by atomic mass is 9.92. The Balaban J connectivity index is 1.61. The summed E-state index contributed by atoms with van der Waals surface area (Å²) in [5, 5.41) is 10.5. The van der Waals surface area contributed by atoms with Crippen molar-refractivity contribution in [3.8, 4) is 11.4 Å². The van der Waals surface area contributed by atoms with Crippen LogP contribution in [-0.2, 0) is 4.79 Å². The standard InChI is InChI=1S/C23H22ClN5O4/c1-23(2,3)11-18(30)25-16-6-4-5-12-9-17(26-19(12)16)21(31)27-15-8-7-13(24)10-14(15)20-28-22(32)33-29-20/h4-10,26H,11H2,1-3H3,(H,25,30)(H,27,31)(H,28,29,32). The Morgan fingerprint density at radius 2 is 1.85 bits per heavy atom. The molecule has 0 bridgehead atoms. The number of para-hydroxylation sites is 1. The molecule has 4 N–H and O–H groups in total. The molecule has 170 valence electrons. The summed E-state index contributed by atoms with van der Waals surface area (Å²) < 4.78 is 4.56. The zero-order chi connectivity index (χ0) is 23.8. The molecule has 4 aromatic rings. The van der Waals surface area contributed by atoms with Crippen LogP contribution in [0.15, 0.2) is 51.8 Å². The van der Waals surface area contributed by atoms with Gasteiger partial charge in [-0.15, -0.1) is 0 Å². The van der Waals surface area contributed by atoms with Gasteiger partial charge >= 0.3 is 5.76 Å². The quantitative estimate of drug-likeness (QED) is 0.335. The first kappa shape index (κ1) is 22.3. The van der Waals surface area contributed by atoms with Gasteiger partial charge in [0.2, 0.25) is 5.91 Å². The number of H-pyrrole nitrogens is 2. The number of fused-ring (bicyclic) bond motifs is 1. The number of aromatic amines is 2. The second-order valence-corrected chi connectivity index (χ2v) is 9.26. The third kappa shape index (κ3) is 5.15. The third-order valence-electron chi connectivity index (χ3n) is 4.79. The minimum atomic E-state index is -0.723. The van der Waals surface area contributed by atoms with E-state index >= 15 is 0 Å². The van der Waals surface area contributed by atoms with Crippen LogP contribution < -0.4 is 16.4 Å². The van der Waals surface area contributed by atoms with E-state index in [1.807, 2.05) is 32.9 Å². The normalized spacial score (nSPS) is 11.5. The summed E-state index contributed by atoms with van der Waals surface area (Å²) in [6.07, 6.45) is 0.362. The van der Waals surface area contributed by atoms with Crippen LogP contribution in [0.5, 0.6) is 0 Å². The molecule has 4 rings (SSSR count). The molecule has 0 aliphatic rings. The number of amides is 2. The zero-order valence-corrected chi connectivity index (χ0v) is 19.0. The van der Waals surface area contributed by atoms with Crippen LogP contribution in [0.3, 0.4) is 0 Å². The van der Waals surface area contributed by atoms with E-state index in [0.29, 0.717) is 33.9 Å². The number of benzene rings is 2. The minimum Gasteiger partial charge on any atom is -0.349 e. The first-order valence-corrected chi connectivity index (χ1v) is 10.6. The Bertz CT molecular complexity index is 1410. The molecule has 0 radical (unpaired) electrons. The number of nitrogens with one attached hydrogen (secondary N) is 4. The number of hydrogen-bond acceptors (Lipinski definition) is 5. The van der Waals surface area contributed by atoms with Gasteiger partial charge in [0.1, 0.15) is 5.69 Å². The fourth-order valence-electron chi connectivity index (χ4n) is 3.42. The van der Waals surface area contributed by atoms with Gasteiger partial charge in [-0.1, -0.05) is 49.7 Å². The summed E-state index contributed by atoms with van der Waals surface area (Å²) in [5.41, 5.74) is 2.15. The number of carbonyl (C=O) groups is 2. The highest BCUT2D eigenvalue weighted by atomic mass is 35.5. The largest absolute Gasteiger partial charge is 0.439 e. The maximum Gasteiger partial charge on any atom is 0.439 e. The predicted octanol–water partition coefficient (Wildman–Crippen LogP) is 4.79. The molecule has 33 heavy (non-hydrogen) atoms. The summed E-state index contributed by atoms with van der Waals surface area (Å²) in [4.78, 5) is 42.3. The molecule has 0 unspecified atom stereocenters. The van der Waals surface area contributed by atoms with E-state index in [1.165, 1.54) is 0 Å². The Labute approximate surface area is 193 Å². The maximum absolute atomic E-state index is 13.0. The van der Waals surface area contributed by atoms with Crippen molar-refractivity contribution in [2.75, 3.05) is 10.6 Å². The van der Waals surface area contributed by atoms with Crippen molar-refractivity contribution in [3.63, 3.8) is 0 Å². The van der Waals surface area contributed by atoms with E-state index < -0.39 is 11.7 Å². The lowest BCUT2D eigenvalue weighted by molar-refractivity contribution is -0.117. The topological polar surface area (TPSA) is 133 Å². The van der Waals surface area contributed by atoms with Crippen LogP contribution in [0.4, 0.5) is 11.4 Å². The van der Waals surface area contributed by atoms with Crippen LogP contribution in [0.1, 0.15) is 37.7 Å². The summed E-state index contributed by atoms with van der Waals surface area (Å²) in [7, 11) is 0. The van der Waals surface area contributed by atoms with E-state index in [-0.39, 0.29) is 22.8 Å². The first-order chi connectivity index (χ1) is 15.6. The molecule has 0 aliphatic carbocycles. The van der Waals surface area contributed by atoms with Crippen LogP contribution in [0.25, 0.3) is 22.3 Å². The highest BCUT2D eigenvalue weighted by Crippen LogP contribution is 2.30. The van der Waals surface area contributed by atoms with Gasteiger partial charge in [-0.25, -0.2) is 4.79 Å². The predicted molar refractivity (Wildman–Crippen MR) is 127 cm³/mol. The van der Waals surface area contributed by atoms with Gasteiger partial charge in [0.15, 0.2) is 5.82 Å². The Morgan fingerprint density at radius 1 is 1.06 bits per heavy atom. The van der Waals surface area contributed by atoms with Crippen LogP contribution in [0.2, 0.25) is 5.02 Å². The Hall–Kier alpha value is -3.85. The van der Waals surface area contributed by atoms with Crippen LogP contribution >= 0.6 is 11.6 Å². The number of nitrogens with zero attached hydrogens (tertiary/aromatic N) is 1. The Kier molecular flexibility index (Phi) is 5.82. The summed E-state index contributed by atoms with van der Waals surface area (Å²) in [5.74, 6) is -1.12. The molecule has 0 atom stereocenters. The molecule has 0 fully saturated rings. The molecule has 10 heteroatoms. The average molecular weight is 468 g/mol. The summed E-state index contributed by atoms with van der Waals surface area (Å²) >= 11 is 6.08. The molecule has 0 spiro atoms. The van der Waals surface area contributed by atoms with E-state index in [0.717, 1.165) is 5.39 Å². The van der Waals surface area contributed by atoms with E-state index in [1.54, 1.807) is 30.3 Å². The van der Waals surface area contributed by atoms with E-state index in [4.69, 9.17) is 11.6 Å². The second-order valence-electron chi connectivity index (χ2n) is 8.83. The third-order valence-corrected chi connectivity index (χ3v) is 5.03. The van der Waals surface area contributed by atoms with Crippen molar-refractivity contribution in [3.05, 3.63) is 63.7 Å². The lowest BCUT2D eigenvalue weighted by Crippen LogP contribution is -2.19. The molecule has 2 heterocycles. The van der Waals surface area contributed by atoms with Crippen molar-refractivity contribution in [2.24, 2.45) is 5.41 Å². The van der Waals surface area contributed by atoms with Gasteiger partial charge in [0.05, 0.1) is 16.9 Å². The molecule has 0 aliphatic heterocycles. The molecular weight excluding hydrogens is 446 g/mol. The maximum atomic E-state index is 13.0. The van der Waals surface area contributed by atoms with Crippen LogP contribution in [0, 0.1) is 5.41 Å². The van der Waals surface area contributed by atoms with Gasteiger partial charge < -0.3 is 15.6 Å². The summed E-state index contributed by atoms with van der Waals surface area (Å²) in [6.45, 7) is 5.97. The molecule has 2 aromatic heterocycles. The monoisotopic (exact) mass is 467 g/mol. The molecule has 9 nitrogen and oxygen atoms in total. The van der Waals surface area contributed by atoms with Gasteiger partial charge in [-0.05, 0) is 35.7 Å². The van der Waals surface area contributed by atoms with Gasteiger partial charge in [0, 0.05) is 22.4 Å². The van der Waals surface area contributed by atoms with Crippen molar-refractivity contribution in [1.82, 2.24) is 15.1 Å². The number of rotatable bonds is 5. The zero-order valence-electron chi connectivity index (χ0n) is 18.2. The molecular formula is C23H22ClN5O4. The molecule has 2 amide bonds. The SMILES string of the molecule is CC(C)(C)CC(=O)Nc1cccc2cc(C(=O)Nc3ccc(Cl)cc3-c3noc(=O)[nH]3)[nH]c12. The minimum absolute atomic E-state index is 0.108. The molecule has 2 aromatic carbocycles. The number of hydrogen-bond donors (Lipinski definition) is 4. The highest BCUT2D eigenvalue weighted by Gasteiger charge is 2.19. The van der Waals surface area contributed by atoms with Crippen molar-refractivity contribution in [1.29, 1.82) is 0 Å². The van der Waals surface area contributed by atoms with E-state index in [9.17, 15) is 14.4 Å². The van der Waals surface area contributed by atoms with Crippen molar-refractivity contribution in [2.45, 2.75) is 27.2 Å². The van der Waals surface area contributed by atoms with Crippen molar-refractivity contribution >= 4 is 45.7 Å². The molecule has 0 saturated carbocycles. The first-order valence-electron chi connectivity index (χ1n) is 10.2. The number of anilines is 2. The fraction of sp³-hybridized carbons (Fsp3) is 0.217. The Morgan fingerprint density at radius 3 is 2.55 bits per heavy atom. The second kappa shape index (κ2) is 8.59. The number of carbonyl (C=O) groups excluding carboxylic acids is 2.